The molecule has 7 nitrogen and oxygen atoms in total. The lowest BCUT2D eigenvalue weighted by atomic mass is 10.1. The van der Waals surface area contributed by atoms with Crippen LogP contribution in [0.5, 0.6) is 5.75 Å². The van der Waals surface area contributed by atoms with Gasteiger partial charge in [0.1, 0.15) is 10.6 Å². The molecule has 1 aliphatic rings. The van der Waals surface area contributed by atoms with Crippen molar-refractivity contribution in [3.05, 3.63) is 23.8 Å². The highest BCUT2D eigenvalue weighted by Gasteiger charge is 2.30. The van der Waals surface area contributed by atoms with Gasteiger partial charge >= 0.3 is 0 Å². The fourth-order valence-electron chi connectivity index (χ4n) is 2.76. The summed E-state index contributed by atoms with van der Waals surface area (Å²) in [5, 5.41) is 2.88. The van der Waals surface area contributed by atoms with Gasteiger partial charge in [-0.25, -0.2) is 8.42 Å². The third kappa shape index (κ3) is 4.71. The summed E-state index contributed by atoms with van der Waals surface area (Å²) in [6.45, 7) is 5.26. The number of carbonyl (C=O) groups excluding carboxylic acids is 1. The fraction of sp³-hybridized carbons (Fsp3) is 0.588. The average molecular weight is 370 g/mol. The van der Waals surface area contributed by atoms with Crippen LogP contribution in [0.1, 0.15) is 37.0 Å². The molecule has 25 heavy (non-hydrogen) atoms. The van der Waals surface area contributed by atoms with Crippen LogP contribution >= 0.6 is 0 Å². The first-order chi connectivity index (χ1) is 11.9. The van der Waals surface area contributed by atoms with Gasteiger partial charge in [0.05, 0.1) is 20.3 Å². The van der Waals surface area contributed by atoms with E-state index in [1.54, 1.807) is 6.07 Å². The monoisotopic (exact) mass is 370 g/mol. The van der Waals surface area contributed by atoms with Gasteiger partial charge in [-0.2, -0.15) is 4.31 Å². The zero-order valence-electron chi connectivity index (χ0n) is 14.9. The second-order valence-corrected chi connectivity index (χ2v) is 7.95. The summed E-state index contributed by atoms with van der Waals surface area (Å²) in [5.41, 5.74) is 0.301. The number of hydrogen-bond acceptors (Lipinski definition) is 5. The first-order valence-electron chi connectivity index (χ1n) is 8.47. The first-order valence-corrected chi connectivity index (χ1v) is 9.91. The zero-order chi connectivity index (χ0) is 18.4. The molecule has 0 radical (unpaired) electrons. The molecule has 0 aliphatic carbocycles. The van der Waals surface area contributed by atoms with Crippen molar-refractivity contribution in [2.75, 3.05) is 33.4 Å². The Bertz CT molecular complexity index is 699. The molecule has 0 unspecified atom stereocenters. The molecule has 8 heteroatoms. The number of sulfonamides is 1. The standard InChI is InChI=1S/C17H26N2O5S/c1-4-5-13(2)18-17(20)14-6-7-15(23-3)16(12-14)25(21,22)19-8-10-24-11-9-19/h6-7,12-13H,4-5,8-11H2,1-3H3,(H,18,20)/t13-/m0/s1. The van der Waals surface area contributed by atoms with Gasteiger partial charge in [-0.3, -0.25) is 4.79 Å². The SMILES string of the molecule is CCC[C@H](C)NC(=O)c1ccc(OC)c(S(=O)(=O)N2CCOCC2)c1. The van der Waals surface area contributed by atoms with Gasteiger partial charge in [0.2, 0.25) is 10.0 Å². The summed E-state index contributed by atoms with van der Waals surface area (Å²) in [6.07, 6.45) is 1.82. The van der Waals surface area contributed by atoms with Crippen molar-refractivity contribution < 1.29 is 22.7 Å². The number of morpholine rings is 1. The van der Waals surface area contributed by atoms with Crippen LogP contribution in [0.2, 0.25) is 0 Å². The number of ether oxygens (including phenoxy) is 2. The number of hydrogen-bond donors (Lipinski definition) is 1. The van der Waals surface area contributed by atoms with E-state index < -0.39 is 10.0 Å². The number of carbonyl (C=O) groups is 1. The third-order valence-corrected chi connectivity index (χ3v) is 6.03. The Balaban J connectivity index is 2.32. The predicted molar refractivity (Wildman–Crippen MR) is 94.4 cm³/mol. The van der Waals surface area contributed by atoms with E-state index in [-0.39, 0.29) is 35.7 Å². The number of amides is 1. The second kappa shape index (κ2) is 8.64. The molecule has 1 atom stereocenters. The molecule has 1 aromatic rings. The fourth-order valence-corrected chi connectivity index (χ4v) is 4.35. The third-order valence-electron chi connectivity index (χ3n) is 4.11. The van der Waals surface area contributed by atoms with Crippen molar-refractivity contribution >= 4 is 15.9 Å². The van der Waals surface area contributed by atoms with Crippen LogP contribution in [0.25, 0.3) is 0 Å². The lowest BCUT2D eigenvalue weighted by Gasteiger charge is -2.26. The Hall–Kier alpha value is -1.64. The lowest BCUT2D eigenvalue weighted by Crippen LogP contribution is -2.40. The maximum atomic E-state index is 12.9. The van der Waals surface area contributed by atoms with Crippen molar-refractivity contribution in [3.63, 3.8) is 0 Å². The van der Waals surface area contributed by atoms with Crippen LogP contribution in [0.3, 0.4) is 0 Å². The summed E-state index contributed by atoms with van der Waals surface area (Å²) >= 11 is 0. The minimum atomic E-state index is -3.75. The van der Waals surface area contributed by atoms with E-state index in [2.05, 4.69) is 5.32 Å². The van der Waals surface area contributed by atoms with Gasteiger partial charge in [-0.1, -0.05) is 13.3 Å². The van der Waals surface area contributed by atoms with Gasteiger partial charge in [-0.15, -0.1) is 0 Å². The van der Waals surface area contributed by atoms with Gasteiger partial charge in [0.25, 0.3) is 5.91 Å². The minimum Gasteiger partial charge on any atom is -0.495 e. The molecular formula is C17H26N2O5S. The van der Waals surface area contributed by atoms with Crippen LogP contribution in [-0.4, -0.2) is 58.1 Å². The molecule has 0 saturated carbocycles. The molecule has 1 aliphatic heterocycles. The molecule has 0 spiro atoms. The molecule has 140 valence electrons. The quantitative estimate of drug-likeness (QED) is 0.789. The van der Waals surface area contributed by atoms with E-state index in [1.807, 2.05) is 13.8 Å². The Kier molecular flexibility index (Phi) is 6.80. The topological polar surface area (TPSA) is 84.9 Å². The first kappa shape index (κ1) is 19.7. The molecule has 1 N–H and O–H groups in total. The van der Waals surface area contributed by atoms with E-state index in [4.69, 9.17) is 9.47 Å². The lowest BCUT2D eigenvalue weighted by molar-refractivity contribution is 0.0729. The Labute approximate surface area is 149 Å². The molecule has 1 fully saturated rings. The Morgan fingerprint density at radius 2 is 2.04 bits per heavy atom. The van der Waals surface area contributed by atoms with E-state index in [1.165, 1.54) is 23.5 Å². The van der Waals surface area contributed by atoms with Crippen LogP contribution in [0, 0.1) is 0 Å². The molecule has 0 aromatic heterocycles. The maximum Gasteiger partial charge on any atom is 0.251 e. The Morgan fingerprint density at radius 1 is 1.36 bits per heavy atom. The van der Waals surface area contributed by atoms with Crippen molar-refractivity contribution in [2.24, 2.45) is 0 Å². The van der Waals surface area contributed by atoms with Crippen molar-refractivity contribution in [1.29, 1.82) is 0 Å². The highest BCUT2D eigenvalue weighted by Crippen LogP contribution is 2.28. The van der Waals surface area contributed by atoms with Gasteiger partial charge in [0, 0.05) is 24.7 Å². The predicted octanol–water partition coefficient (Wildman–Crippen LogP) is 1.63. The van der Waals surface area contributed by atoms with E-state index >= 15 is 0 Å². The van der Waals surface area contributed by atoms with Crippen LogP contribution < -0.4 is 10.1 Å². The smallest absolute Gasteiger partial charge is 0.251 e. The summed E-state index contributed by atoms with van der Waals surface area (Å²) < 4.78 is 37.6. The average Bonchev–Trinajstić information content (AvgIpc) is 2.62. The van der Waals surface area contributed by atoms with E-state index in [0.717, 1.165) is 12.8 Å². The minimum absolute atomic E-state index is 0.00712. The molecular weight excluding hydrogens is 344 g/mol. The van der Waals surface area contributed by atoms with Gasteiger partial charge in [-0.05, 0) is 31.5 Å². The van der Waals surface area contributed by atoms with E-state index in [9.17, 15) is 13.2 Å². The number of benzene rings is 1. The Morgan fingerprint density at radius 3 is 2.64 bits per heavy atom. The summed E-state index contributed by atoms with van der Waals surface area (Å²) in [6, 6.07) is 4.51. The normalized spacial score (nSPS) is 17.1. The van der Waals surface area contributed by atoms with Crippen LogP contribution in [0.15, 0.2) is 23.1 Å². The van der Waals surface area contributed by atoms with Crippen LogP contribution in [0.4, 0.5) is 0 Å². The van der Waals surface area contributed by atoms with Crippen molar-refractivity contribution in [2.45, 2.75) is 37.6 Å². The van der Waals surface area contributed by atoms with Gasteiger partial charge < -0.3 is 14.8 Å². The molecule has 2 rings (SSSR count). The molecule has 1 amide bonds. The summed E-state index contributed by atoms with van der Waals surface area (Å²) in [5.74, 6) is -0.0633. The maximum absolute atomic E-state index is 12.9. The number of rotatable bonds is 7. The summed E-state index contributed by atoms with van der Waals surface area (Å²) in [4.78, 5) is 12.4. The number of nitrogens with one attached hydrogen (secondary N) is 1. The number of nitrogens with zero attached hydrogens (tertiary/aromatic N) is 1. The summed E-state index contributed by atoms with van der Waals surface area (Å²) in [7, 11) is -2.34. The van der Waals surface area contributed by atoms with E-state index in [0.29, 0.717) is 18.8 Å². The van der Waals surface area contributed by atoms with Gasteiger partial charge in [0.15, 0.2) is 0 Å². The van der Waals surface area contributed by atoms with Crippen LogP contribution in [-0.2, 0) is 14.8 Å². The van der Waals surface area contributed by atoms with Crippen molar-refractivity contribution in [3.8, 4) is 5.75 Å². The largest absolute Gasteiger partial charge is 0.495 e. The zero-order valence-corrected chi connectivity index (χ0v) is 15.8. The highest BCUT2D eigenvalue weighted by atomic mass is 32.2. The highest BCUT2D eigenvalue weighted by molar-refractivity contribution is 7.89. The molecule has 1 heterocycles. The molecule has 1 aromatic carbocycles. The second-order valence-electron chi connectivity index (χ2n) is 6.05. The molecule has 0 bridgehead atoms. The number of methoxy groups -OCH3 is 1. The van der Waals surface area contributed by atoms with Crippen molar-refractivity contribution in [1.82, 2.24) is 9.62 Å². The molecule has 1 saturated heterocycles.